The first-order valence-electron chi connectivity index (χ1n) is 20.2. The number of aromatic nitrogens is 1. The second kappa shape index (κ2) is 21.1. The van der Waals surface area contributed by atoms with Crippen LogP contribution in [0, 0.1) is 0 Å². The maximum Gasteiger partial charge on any atom is 0.315 e. The van der Waals surface area contributed by atoms with Crippen LogP contribution in [0.1, 0.15) is 62.5 Å². The van der Waals surface area contributed by atoms with Gasteiger partial charge < -0.3 is 51.0 Å². The van der Waals surface area contributed by atoms with Gasteiger partial charge >= 0.3 is 6.03 Å². The molecule has 16 heteroatoms. The zero-order chi connectivity index (χ0) is 41.1. The molecule has 0 bridgehead atoms. The Labute approximate surface area is 348 Å². The van der Waals surface area contributed by atoms with E-state index in [1.807, 2.05) is 47.6 Å². The lowest BCUT2D eigenvalue weighted by Gasteiger charge is -2.32. The quantitative estimate of drug-likeness (QED) is 0.0542. The first kappa shape index (κ1) is 44.1. The van der Waals surface area contributed by atoms with Crippen LogP contribution in [-0.4, -0.2) is 129 Å². The van der Waals surface area contributed by atoms with Gasteiger partial charge in [-0.1, -0.05) is 29.8 Å². The SMILES string of the molecule is O=C(CN1CCC(NC(=O)NCCCCSc2ccc(Cl)c(COC3(c4cnccc4-c4ccccc4OC4CC4)CC3)c2)CC1)NC[C@H](O)[C@@H](O)[C@H](O)[C@H](O)CO. The van der Waals surface area contributed by atoms with Crippen molar-refractivity contribution in [1.29, 1.82) is 0 Å². The van der Waals surface area contributed by atoms with Gasteiger partial charge in [-0.2, -0.15) is 0 Å². The van der Waals surface area contributed by atoms with Crippen molar-refractivity contribution in [2.45, 2.75) is 105 Å². The number of para-hydroxylation sites is 1. The first-order valence-corrected chi connectivity index (χ1v) is 21.5. The summed E-state index contributed by atoms with van der Waals surface area (Å²) in [5.41, 5.74) is 3.75. The number of piperidine rings is 1. The van der Waals surface area contributed by atoms with Crippen LogP contribution in [0.5, 0.6) is 5.75 Å². The minimum absolute atomic E-state index is 0.0150. The van der Waals surface area contributed by atoms with Crippen molar-refractivity contribution in [3.63, 3.8) is 0 Å². The molecule has 4 atom stereocenters. The van der Waals surface area contributed by atoms with E-state index >= 15 is 0 Å². The Hall–Kier alpha value is -3.51. The Morgan fingerprint density at radius 3 is 2.45 bits per heavy atom. The van der Waals surface area contributed by atoms with Crippen LogP contribution in [0.3, 0.4) is 0 Å². The maximum atomic E-state index is 12.6. The molecule has 58 heavy (non-hydrogen) atoms. The van der Waals surface area contributed by atoms with Crippen molar-refractivity contribution in [3.8, 4) is 16.9 Å². The molecule has 3 aliphatic rings. The summed E-state index contributed by atoms with van der Waals surface area (Å²) in [6.07, 6.45) is 4.53. The van der Waals surface area contributed by atoms with E-state index in [1.54, 1.807) is 11.8 Å². The van der Waals surface area contributed by atoms with E-state index in [1.165, 1.54) is 0 Å². The molecule has 2 heterocycles. The van der Waals surface area contributed by atoms with Gasteiger partial charge in [-0.15, -0.1) is 11.8 Å². The molecule has 0 radical (unpaired) electrons. The Kier molecular flexibility index (Phi) is 16.1. The number of rotatable bonds is 22. The number of nitrogens with zero attached hydrogens (tertiary/aromatic N) is 2. The van der Waals surface area contributed by atoms with Gasteiger partial charge in [-0.05, 0) is 98.6 Å². The maximum absolute atomic E-state index is 12.6. The summed E-state index contributed by atoms with van der Waals surface area (Å²) in [6, 6.07) is 16.1. The number of aliphatic hydroxyl groups excluding tert-OH is 5. The van der Waals surface area contributed by atoms with Gasteiger partial charge in [-0.25, -0.2) is 4.79 Å². The second-order valence-electron chi connectivity index (χ2n) is 15.4. The zero-order valence-electron chi connectivity index (χ0n) is 32.6. The number of thioether (sulfide) groups is 1. The number of aliphatic hydroxyl groups is 5. The van der Waals surface area contributed by atoms with E-state index in [0.29, 0.717) is 50.2 Å². The molecule has 14 nitrogen and oxygen atoms in total. The minimum Gasteiger partial charge on any atom is -0.490 e. The van der Waals surface area contributed by atoms with Gasteiger partial charge in [0.1, 0.15) is 24.1 Å². The fraction of sp³-hybridized carbons (Fsp3) is 0.548. The van der Waals surface area contributed by atoms with Crippen molar-refractivity contribution in [2.75, 3.05) is 45.1 Å². The average Bonchev–Trinajstić information content (AvgIpc) is 4.19. The highest BCUT2D eigenvalue weighted by atomic mass is 35.5. The van der Waals surface area contributed by atoms with Gasteiger partial charge in [0.2, 0.25) is 5.91 Å². The summed E-state index contributed by atoms with van der Waals surface area (Å²) in [6.45, 7) is 1.10. The number of unbranched alkanes of at least 4 members (excludes halogenated alkanes) is 1. The molecule has 316 valence electrons. The summed E-state index contributed by atoms with van der Waals surface area (Å²) in [4.78, 5) is 32.4. The van der Waals surface area contributed by atoms with Gasteiger partial charge in [0.25, 0.3) is 0 Å². The lowest BCUT2D eigenvalue weighted by Crippen LogP contribution is -2.52. The van der Waals surface area contributed by atoms with Crippen LogP contribution in [0.15, 0.2) is 65.8 Å². The molecule has 3 aromatic rings. The highest BCUT2D eigenvalue weighted by Crippen LogP contribution is 2.53. The molecule has 2 aromatic carbocycles. The summed E-state index contributed by atoms with van der Waals surface area (Å²) >= 11 is 8.41. The molecule has 3 fully saturated rings. The highest BCUT2D eigenvalue weighted by molar-refractivity contribution is 7.99. The van der Waals surface area contributed by atoms with Crippen LogP contribution in [0.2, 0.25) is 5.02 Å². The molecule has 3 amide bonds. The molecule has 1 aromatic heterocycles. The van der Waals surface area contributed by atoms with Crippen molar-refractivity contribution in [2.24, 2.45) is 0 Å². The largest absolute Gasteiger partial charge is 0.490 e. The van der Waals surface area contributed by atoms with Crippen LogP contribution >= 0.6 is 23.4 Å². The third-order valence-corrected chi connectivity index (χ3v) is 12.2. The number of hydrogen-bond acceptors (Lipinski definition) is 12. The van der Waals surface area contributed by atoms with Gasteiger partial charge in [0, 0.05) is 65.7 Å². The number of urea groups is 1. The molecule has 8 N–H and O–H groups in total. The summed E-state index contributed by atoms with van der Waals surface area (Å²) in [5, 5.41) is 57.1. The molecule has 0 spiro atoms. The second-order valence-corrected chi connectivity index (χ2v) is 17.0. The van der Waals surface area contributed by atoms with E-state index in [2.05, 4.69) is 39.1 Å². The summed E-state index contributed by atoms with van der Waals surface area (Å²) < 4.78 is 12.9. The number of nitrogens with one attached hydrogen (secondary N) is 3. The lowest BCUT2D eigenvalue weighted by molar-refractivity contribution is -0.127. The number of carbonyl (C=O) groups excluding carboxylic acids is 2. The molecular formula is C42H56ClN5O9S. The lowest BCUT2D eigenvalue weighted by atomic mass is 9.96. The van der Waals surface area contributed by atoms with E-state index < -0.39 is 36.6 Å². The first-order chi connectivity index (χ1) is 28.0. The fourth-order valence-corrected chi connectivity index (χ4v) is 8.12. The third kappa shape index (κ3) is 12.5. The molecular weight excluding hydrogens is 786 g/mol. The van der Waals surface area contributed by atoms with Crippen LogP contribution < -0.4 is 20.7 Å². The zero-order valence-corrected chi connectivity index (χ0v) is 34.2. The van der Waals surface area contributed by atoms with Crippen molar-refractivity contribution >= 4 is 35.3 Å². The summed E-state index contributed by atoms with van der Waals surface area (Å²) in [5.74, 6) is 1.41. The molecule has 1 aliphatic heterocycles. The van der Waals surface area contributed by atoms with Crippen molar-refractivity contribution < 1.29 is 44.6 Å². The average molecular weight is 842 g/mol. The molecule has 6 rings (SSSR count). The number of ether oxygens (including phenoxy) is 2. The number of halogens is 1. The number of likely N-dealkylation sites (tertiary alicyclic amines) is 1. The van der Waals surface area contributed by atoms with E-state index in [4.69, 9.17) is 26.2 Å². The van der Waals surface area contributed by atoms with Gasteiger partial charge in [0.05, 0.1) is 37.6 Å². The third-order valence-electron chi connectivity index (χ3n) is 10.8. The van der Waals surface area contributed by atoms with Crippen molar-refractivity contribution in [3.05, 3.63) is 77.1 Å². The Balaban J connectivity index is 0.857. The summed E-state index contributed by atoms with van der Waals surface area (Å²) in [7, 11) is 0. The molecule has 1 saturated heterocycles. The Bertz CT molecular complexity index is 1810. The van der Waals surface area contributed by atoms with Crippen molar-refractivity contribution in [1.82, 2.24) is 25.8 Å². The number of hydrogen-bond donors (Lipinski definition) is 8. The number of benzene rings is 2. The fourth-order valence-electron chi connectivity index (χ4n) is 6.97. The Morgan fingerprint density at radius 1 is 0.948 bits per heavy atom. The van der Waals surface area contributed by atoms with Gasteiger partial charge in [0.15, 0.2) is 0 Å². The minimum atomic E-state index is -1.75. The van der Waals surface area contributed by atoms with Crippen LogP contribution in [0.4, 0.5) is 4.79 Å². The van der Waals surface area contributed by atoms with E-state index in [-0.39, 0.29) is 31.1 Å². The molecule has 2 aliphatic carbocycles. The molecule has 2 saturated carbocycles. The standard InChI is InChI=1S/C42H56ClN5O9S/c43-34-10-9-30(21-27(34)26-56-42(14-15-42)33-22-44-17-11-31(33)32-5-1-2-6-37(32)57-29-7-8-29)58-20-4-3-16-45-41(55)47-28-12-18-48(19-13-28)24-38(52)46-23-35(50)39(53)40(54)36(51)25-49/h1-2,5-6,9-11,17,21-22,28-29,35-36,39-40,49-51,53-54H,3-4,7-8,12-16,18-20,23-26H2,(H,46,52)(H2,45,47,55)/t35-,36+,39+,40+/m0/s1. The predicted octanol–water partition coefficient (Wildman–Crippen LogP) is 3.34. The number of amides is 3. The van der Waals surface area contributed by atoms with Crippen LogP contribution in [0.25, 0.3) is 11.1 Å². The van der Waals surface area contributed by atoms with E-state index in [0.717, 1.165) is 77.2 Å². The van der Waals surface area contributed by atoms with E-state index in [9.17, 15) is 30.0 Å². The normalized spacial score (nSPS) is 18.8. The predicted molar refractivity (Wildman–Crippen MR) is 221 cm³/mol. The monoisotopic (exact) mass is 841 g/mol. The number of pyridine rings is 1. The number of carbonyl (C=O) groups is 2. The molecule has 0 unspecified atom stereocenters. The van der Waals surface area contributed by atoms with Crippen LogP contribution in [-0.2, 0) is 21.7 Å². The van der Waals surface area contributed by atoms with Gasteiger partial charge in [-0.3, -0.25) is 14.7 Å². The topological polar surface area (TPSA) is 206 Å². The Morgan fingerprint density at radius 2 is 1.71 bits per heavy atom. The smallest absolute Gasteiger partial charge is 0.315 e. The highest BCUT2D eigenvalue weighted by Gasteiger charge is 2.48.